The van der Waals surface area contributed by atoms with Gasteiger partial charge in [-0.15, -0.1) is 5.10 Å². The van der Waals surface area contributed by atoms with Crippen LogP contribution in [0.5, 0.6) is 0 Å². The van der Waals surface area contributed by atoms with Crippen LogP contribution in [0.25, 0.3) is 5.69 Å². The number of hydrogen-bond acceptors (Lipinski definition) is 3. The van der Waals surface area contributed by atoms with Crippen molar-refractivity contribution < 1.29 is 14.3 Å². The quantitative estimate of drug-likeness (QED) is 0.762. The van der Waals surface area contributed by atoms with E-state index < -0.39 is 5.97 Å². The summed E-state index contributed by atoms with van der Waals surface area (Å²) in [6, 6.07) is 5.42. The average molecular weight is 231 g/mol. The molecular weight excluding hydrogens is 224 g/mol. The molecule has 0 saturated carbocycles. The molecule has 0 spiro atoms. The van der Waals surface area contributed by atoms with Gasteiger partial charge in [0.05, 0.1) is 11.9 Å². The van der Waals surface area contributed by atoms with Gasteiger partial charge in [-0.05, 0) is 24.3 Å². The minimum atomic E-state index is -1.15. The van der Waals surface area contributed by atoms with Gasteiger partial charge in [-0.2, -0.15) is 9.90 Å². The summed E-state index contributed by atoms with van der Waals surface area (Å²) in [5.41, 5.74) is 0.350. The minimum absolute atomic E-state index is 0. The third-order valence-electron chi connectivity index (χ3n) is 1.77. The molecule has 0 unspecified atom stereocenters. The number of carboxylic acids is 1. The fourth-order valence-corrected chi connectivity index (χ4v) is 1.06. The molecule has 0 aliphatic rings. The molecule has 1 heterocycles. The van der Waals surface area contributed by atoms with Gasteiger partial charge in [0.25, 0.3) is 0 Å². The van der Waals surface area contributed by atoms with Crippen molar-refractivity contribution in [1.29, 1.82) is 0 Å². The first-order chi connectivity index (χ1) is 7.16. The van der Waals surface area contributed by atoms with Crippen molar-refractivity contribution in [2.75, 3.05) is 0 Å². The Hall–Kier alpha value is -1.24. The van der Waals surface area contributed by atoms with E-state index >= 15 is 0 Å². The van der Waals surface area contributed by atoms with Crippen LogP contribution in [-0.4, -0.2) is 55.6 Å². The first-order valence-electron chi connectivity index (χ1n) is 4.08. The zero-order valence-corrected chi connectivity index (χ0v) is 7.46. The summed E-state index contributed by atoms with van der Waals surface area (Å²) in [7, 11) is 0. The molecule has 0 aliphatic carbocycles. The Kier molecular flexibility index (Phi) is 4.17. The predicted molar refractivity (Wildman–Crippen MR) is 55.4 cm³/mol. The van der Waals surface area contributed by atoms with Crippen molar-refractivity contribution in [1.82, 2.24) is 15.0 Å². The number of benzene rings is 1. The molecule has 16 heavy (non-hydrogen) atoms. The van der Waals surface area contributed by atoms with Gasteiger partial charge in [0.1, 0.15) is 5.82 Å². The van der Waals surface area contributed by atoms with Gasteiger partial charge < -0.3 is 5.11 Å². The molecule has 0 aliphatic heterocycles. The van der Waals surface area contributed by atoms with E-state index in [1.54, 1.807) is 0 Å². The van der Waals surface area contributed by atoms with E-state index in [0.29, 0.717) is 5.69 Å². The molecule has 2 aromatic rings. The molecule has 0 bridgehead atoms. The van der Waals surface area contributed by atoms with Crippen LogP contribution in [0.1, 0.15) is 10.5 Å². The standard InChI is InChI=1S/C9H6FN3O2.Na.H/c10-6-1-3-7(4-2-6)13-11-5-8(12-13)9(14)15;;/h1-5H,(H,14,15);;. The van der Waals surface area contributed by atoms with Gasteiger partial charge in [-0.25, -0.2) is 9.18 Å². The number of aromatic carboxylic acids is 1. The summed E-state index contributed by atoms with van der Waals surface area (Å²) in [5.74, 6) is -1.52. The van der Waals surface area contributed by atoms with E-state index in [4.69, 9.17) is 5.11 Å². The van der Waals surface area contributed by atoms with Gasteiger partial charge in [0.2, 0.25) is 0 Å². The molecule has 7 heteroatoms. The Morgan fingerprint density at radius 1 is 1.31 bits per heavy atom. The molecule has 5 nitrogen and oxygen atoms in total. The summed E-state index contributed by atoms with van der Waals surface area (Å²) < 4.78 is 12.6. The monoisotopic (exact) mass is 231 g/mol. The van der Waals surface area contributed by atoms with Gasteiger partial charge in [-0.1, -0.05) is 0 Å². The summed E-state index contributed by atoms with van der Waals surface area (Å²) in [6.07, 6.45) is 1.13. The Morgan fingerprint density at radius 2 is 1.94 bits per heavy atom. The Balaban J connectivity index is 0.00000128. The van der Waals surface area contributed by atoms with Crippen LogP contribution in [-0.2, 0) is 0 Å². The number of carbonyl (C=O) groups is 1. The van der Waals surface area contributed by atoms with E-state index in [-0.39, 0.29) is 41.1 Å². The first-order valence-corrected chi connectivity index (χ1v) is 4.08. The van der Waals surface area contributed by atoms with Crippen LogP contribution in [0.4, 0.5) is 4.39 Å². The molecule has 1 aromatic carbocycles. The number of aromatic nitrogens is 3. The molecule has 78 valence electrons. The normalized spacial score (nSPS) is 9.56. The van der Waals surface area contributed by atoms with Crippen LogP contribution in [0.3, 0.4) is 0 Å². The van der Waals surface area contributed by atoms with Gasteiger partial charge in [-0.3, -0.25) is 0 Å². The van der Waals surface area contributed by atoms with Crippen molar-refractivity contribution in [2.45, 2.75) is 0 Å². The second-order valence-corrected chi connectivity index (χ2v) is 2.80. The fourth-order valence-electron chi connectivity index (χ4n) is 1.06. The number of hydrogen-bond donors (Lipinski definition) is 1. The number of halogens is 1. The third kappa shape index (κ3) is 2.66. The molecule has 1 aromatic heterocycles. The van der Waals surface area contributed by atoms with Crippen molar-refractivity contribution >= 4 is 35.5 Å². The van der Waals surface area contributed by atoms with E-state index in [0.717, 1.165) is 11.0 Å². The van der Waals surface area contributed by atoms with Crippen LogP contribution >= 0.6 is 0 Å². The van der Waals surface area contributed by atoms with E-state index in [2.05, 4.69) is 10.2 Å². The molecule has 2 rings (SSSR count). The van der Waals surface area contributed by atoms with Crippen molar-refractivity contribution in [3.8, 4) is 5.69 Å². The van der Waals surface area contributed by atoms with Gasteiger partial charge >= 0.3 is 35.5 Å². The van der Waals surface area contributed by atoms with E-state index in [1.807, 2.05) is 0 Å². The number of rotatable bonds is 2. The summed E-state index contributed by atoms with van der Waals surface area (Å²) in [6.45, 7) is 0. The average Bonchev–Trinajstić information content (AvgIpc) is 2.68. The molecule has 0 saturated heterocycles. The SMILES string of the molecule is O=C(O)c1cnn(-c2ccc(F)cc2)n1.[NaH]. The maximum atomic E-state index is 12.6. The molecular formula is C9H7FN3NaO2. The molecule has 0 radical (unpaired) electrons. The summed E-state index contributed by atoms with van der Waals surface area (Å²) in [4.78, 5) is 11.7. The van der Waals surface area contributed by atoms with Gasteiger partial charge in [0.15, 0.2) is 5.69 Å². The maximum absolute atomic E-state index is 12.6. The van der Waals surface area contributed by atoms with Crippen LogP contribution in [0, 0.1) is 5.82 Å². The Labute approximate surface area is 112 Å². The molecule has 0 fully saturated rings. The van der Waals surface area contributed by atoms with E-state index in [1.165, 1.54) is 24.3 Å². The zero-order chi connectivity index (χ0) is 10.8. The Morgan fingerprint density at radius 3 is 2.44 bits per heavy atom. The Bertz CT molecular complexity index is 498. The summed E-state index contributed by atoms with van der Waals surface area (Å²) in [5, 5.41) is 16.0. The molecule has 0 atom stereocenters. The topological polar surface area (TPSA) is 68.0 Å². The predicted octanol–water partition coefficient (Wildman–Crippen LogP) is 0.456. The second kappa shape index (κ2) is 5.20. The summed E-state index contributed by atoms with van der Waals surface area (Å²) >= 11 is 0. The fraction of sp³-hybridized carbons (Fsp3) is 0. The van der Waals surface area contributed by atoms with Crippen molar-refractivity contribution in [3.63, 3.8) is 0 Å². The first kappa shape index (κ1) is 12.8. The van der Waals surface area contributed by atoms with Crippen molar-refractivity contribution in [2.24, 2.45) is 0 Å². The van der Waals surface area contributed by atoms with Gasteiger partial charge in [0, 0.05) is 0 Å². The van der Waals surface area contributed by atoms with Crippen LogP contribution < -0.4 is 0 Å². The number of nitrogens with zero attached hydrogens (tertiary/aromatic N) is 3. The molecule has 0 amide bonds. The second-order valence-electron chi connectivity index (χ2n) is 2.80. The number of carboxylic acid groups (broad SMARTS) is 1. The zero-order valence-electron chi connectivity index (χ0n) is 7.46. The van der Waals surface area contributed by atoms with Crippen LogP contribution in [0.15, 0.2) is 30.5 Å². The molecule has 1 N–H and O–H groups in total. The van der Waals surface area contributed by atoms with Crippen LogP contribution in [0.2, 0.25) is 0 Å². The van der Waals surface area contributed by atoms with Crippen molar-refractivity contribution in [3.05, 3.63) is 42.0 Å². The van der Waals surface area contributed by atoms with E-state index in [9.17, 15) is 9.18 Å². The third-order valence-corrected chi connectivity index (χ3v) is 1.77.